The molecule has 1 aliphatic heterocycles. The first-order valence-electron chi connectivity index (χ1n) is 5.96. The van der Waals surface area contributed by atoms with Crippen molar-refractivity contribution in [2.24, 2.45) is 0 Å². The lowest BCUT2D eigenvalue weighted by Gasteiger charge is -2.23. The number of hydrogen-bond donors (Lipinski definition) is 1. The summed E-state index contributed by atoms with van der Waals surface area (Å²) in [6, 6.07) is 2.69. The third-order valence-electron chi connectivity index (χ3n) is 3.14. The van der Waals surface area contributed by atoms with E-state index < -0.39 is 0 Å². The van der Waals surface area contributed by atoms with Gasteiger partial charge in [-0.2, -0.15) is 16.4 Å². The van der Waals surface area contributed by atoms with E-state index in [4.69, 9.17) is 0 Å². The quantitative estimate of drug-likeness (QED) is 0.900. The third kappa shape index (κ3) is 2.40. The highest BCUT2D eigenvalue weighted by Gasteiger charge is 2.20. The molecule has 17 heavy (non-hydrogen) atoms. The minimum absolute atomic E-state index is 0.517. The number of nitrogens with one attached hydrogen (secondary N) is 1. The summed E-state index contributed by atoms with van der Waals surface area (Å²) in [4.78, 5) is 4.42. The first-order valence-corrected chi connectivity index (χ1v) is 6.90. The fraction of sp³-hybridized carbons (Fsp3) is 0.500. The van der Waals surface area contributed by atoms with E-state index in [0.717, 1.165) is 37.6 Å². The molecule has 2 aromatic heterocycles. The smallest absolute Gasteiger partial charge is 0.147 e. The van der Waals surface area contributed by atoms with Gasteiger partial charge >= 0.3 is 0 Å². The van der Waals surface area contributed by atoms with Crippen LogP contribution in [0.1, 0.15) is 23.6 Å². The largest absolute Gasteiger partial charge is 0.308 e. The summed E-state index contributed by atoms with van der Waals surface area (Å²) in [6.45, 7) is 3.86. The van der Waals surface area contributed by atoms with Crippen LogP contribution in [0.2, 0.25) is 0 Å². The van der Waals surface area contributed by atoms with Crippen molar-refractivity contribution in [2.75, 3.05) is 0 Å². The molecule has 0 amide bonds. The van der Waals surface area contributed by atoms with Gasteiger partial charge < -0.3 is 5.32 Å². The van der Waals surface area contributed by atoms with Crippen LogP contribution in [0.15, 0.2) is 16.8 Å². The monoisotopic (exact) mass is 248 g/mol. The second-order valence-electron chi connectivity index (χ2n) is 4.51. The molecule has 2 aromatic rings. The normalized spacial score (nSPS) is 19.2. The molecule has 1 atom stereocenters. The topological polar surface area (TPSA) is 42.7 Å². The highest BCUT2D eigenvalue weighted by Crippen LogP contribution is 2.14. The van der Waals surface area contributed by atoms with E-state index in [9.17, 15) is 0 Å². The van der Waals surface area contributed by atoms with E-state index in [1.165, 1.54) is 5.56 Å². The molecule has 4 nitrogen and oxygen atoms in total. The second-order valence-corrected chi connectivity index (χ2v) is 5.29. The van der Waals surface area contributed by atoms with E-state index in [0.29, 0.717) is 6.04 Å². The van der Waals surface area contributed by atoms with Gasteiger partial charge in [0, 0.05) is 19.0 Å². The minimum atomic E-state index is 0.517. The average molecular weight is 248 g/mol. The number of nitrogens with zero attached hydrogens (tertiary/aromatic N) is 3. The van der Waals surface area contributed by atoms with Crippen LogP contribution in [-0.2, 0) is 19.5 Å². The molecule has 90 valence electrons. The average Bonchev–Trinajstić information content (AvgIpc) is 2.92. The van der Waals surface area contributed by atoms with Crippen LogP contribution < -0.4 is 5.32 Å². The Labute approximate surface area is 105 Å². The van der Waals surface area contributed by atoms with Gasteiger partial charge in [0.25, 0.3) is 0 Å². The maximum Gasteiger partial charge on any atom is 0.147 e. The Morgan fingerprint density at radius 1 is 1.59 bits per heavy atom. The number of aromatic nitrogens is 3. The molecular weight excluding hydrogens is 232 g/mol. The van der Waals surface area contributed by atoms with Crippen LogP contribution in [0.3, 0.4) is 0 Å². The Bertz CT molecular complexity index is 489. The van der Waals surface area contributed by atoms with Crippen molar-refractivity contribution in [1.29, 1.82) is 0 Å². The van der Waals surface area contributed by atoms with Crippen molar-refractivity contribution in [3.8, 4) is 0 Å². The van der Waals surface area contributed by atoms with Gasteiger partial charge in [0.15, 0.2) is 0 Å². The first kappa shape index (κ1) is 10.9. The van der Waals surface area contributed by atoms with E-state index in [-0.39, 0.29) is 0 Å². The number of hydrogen-bond acceptors (Lipinski definition) is 4. The van der Waals surface area contributed by atoms with Gasteiger partial charge in [-0.05, 0) is 35.7 Å². The van der Waals surface area contributed by atoms with Gasteiger partial charge in [0.2, 0.25) is 0 Å². The van der Waals surface area contributed by atoms with Gasteiger partial charge in [0.1, 0.15) is 11.6 Å². The van der Waals surface area contributed by atoms with Gasteiger partial charge in [-0.1, -0.05) is 0 Å². The Morgan fingerprint density at radius 2 is 2.53 bits per heavy atom. The molecule has 0 saturated heterocycles. The molecule has 0 radical (unpaired) electrons. The Morgan fingerprint density at radius 3 is 3.35 bits per heavy atom. The summed E-state index contributed by atoms with van der Waals surface area (Å²) < 4.78 is 2.05. The predicted molar refractivity (Wildman–Crippen MR) is 68.0 cm³/mol. The summed E-state index contributed by atoms with van der Waals surface area (Å²) in [7, 11) is 0. The van der Waals surface area contributed by atoms with E-state index >= 15 is 0 Å². The zero-order valence-electron chi connectivity index (χ0n) is 9.89. The Hall–Kier alpha value is -1.20. The van der Waals surface area contributed by atoms with E-state index in [1.54, 1.807) is 11.3 Å². The molecule has 0 unspecified atom stereocenters. The minimum Gasteiger partial charge on any atom is -0.308 e. The first-order chi connectivity index (χ1) is 8.31. The van der Waals surface area contributed by atoms with Crippen molar-refractivity contribution in [1.82, 2.24) is 20.1 Å². The molecule has 0 aromatic carbocycles. The molecule has 3 heterocycles. The standard InChI is InChI=1S/C12H16N4S/c1-9-14-12-3-2-11(7-16(12)15-9)13-6-10-4-5-17-8-10/h4-5,8,11,13H,2-3,6-7H2,1H3/t11-/m1/s1. The zero-order chi connectivity index (χ0) is 11.7. The van der Waals surface area contributed by atoms with E-state index in [2.05, 4.69) is 32.2 Å². The fourth-order valence-corrected chi connectivity index (χ4v) is 2.92. The zero-order valence-corrected chi connectivity index (χ0v) is 10.7. The van der Waals surface area contributed by atoms with Crippen LogP contribution in [0.5, 0.6) is 0 Å². The number of fused-ring (bicyclic) bond motifs is 1. The molecule has 1 N–H and O–H groups in total. The molecular formula is C12H16N4S. The second kappa shape index (κ2) is 4.58. The van der Waals surface area contributed by atoms with Crippen molar-refractivity contribution in [2.45, 2.75) is 38.9 Å². The SMILES string of the molecule is Cc1nc2n(n1)C[C@H](NCc1ccsc1)CC2. The number of aryl methyl sites for hydroxylation is 2. The molecule has 0 saturated carbocycles. The summed E-state index contributed by atoms with van der Waals surface area (Å²) in [5, 5.41) is 12.3. The molecule has 1 aliphatic rings. The van der Waals surface area contributed by atoms with Crippen molar-refractivity contribution >= 4 is 11.3 Å². The fourth-order valence-electron chi connectivity index (χ4n) is 2.26. The molecule has 0 spiro atoms. The molecule has 3 rings (SSSR count). The van der Waals surface area contributed by atoms with Crippen molar-refractivity contribution in [3.05, 3.63) is 34.0 Å². The Balaban J connectivity index is 1.60. The van der Waals surface area contributed by atoms with Crippen molar-refractivity contribution in [3.63, 3.8) is 0 Å². The van der Waals surface area contributed by atoms with E-state index in [1.807, 2.05) is 11.6 Å². The molecule has 0 bridgehead atoms. The highest BCUT2D eigenvalue weighted by atomic mass is 32.1. The van der Waals surface area contributed by atoms with Crippen LogP contribution in [0.25, 0.3) is 0 Å². The number of thiophene rings is 1. The van der Waals surface area contributed by atoms with Gasteiger partial charge in [-0.3, -0.25) is 0 Å². The summed E-state index contributed by atoms with van der Waals surface area (Å²) in [5.74, 6) is 2.02. The Kier molecular flexibility index (Phi) is 2.94. The highest BCUT2D eigenvalue weighted by molar-refractivity contribution is 7.07. The number of rotatable bonds is 3. The van der Waals surface area contributed by atoms with Crippen LogP contribution in [0, 0.1) is 6.92 Å². The molecule has 0 fully saturated rings. The third-order valence-corrected chi connectivity index (χ3v) is 3.87. The van der Waals surface area contributed by atoms with Gasteiger partial charge in [0.05, 0.1) is 6.54 Å². The lowest BCUT2D eigenvalue weighted by molar-refractivity contribution is 0.358. The summed E-state index contributed by atoms with van der Waals surface area (Å²) >= 11 is 1.75. The maximum absolute atomic E-state index is 4.42. The van der Waals surface area contributed by atoms with Crippen molar-refractivity contribution < 1.29 is 0 Å². The summed E-state index contributed by atoms with van der Waals surface area (Å²) in [6.07, 6.45) is 2.18. The van der Waals surface area contributed by atoms with Gasteiger partial charge in [-0.15, -0.1) is 0 Å². The lowest BCUT2D eigenvalue weighted by atomic mass is 10.1. The predicted octanol–water partition coefficient (Wildman–Crippen LogP) is 1.75. The molecule has 5 heteroatoms. The maximum atomic E-state index is 4.42. The lowest BCUT2D eigenvalue weighted by Crippen LogP contribution is -2.37. The van der Waals surface area contributed by atoms with Crippen LogP contribution in [-0.4, -0.2) is 20.8 Å². The van der Waals surface area contributed by atoms with Crippen LogP contribution in [0.4, 0.5) is 0 Å². The van der Waals surface area contributed by atoms with Crippen LogP contribution >= 0.6 is 11.3 Å². The molecule has 0 aliphatic carbocycles. The summed E-state index contributed by atoms with van der Waals surface area (Å²) in [5.41, 5.74) is 1.37. The van der Waals surface area contributed by atoms with Gasteiger partial charge in [-0.25, -0.2) is 9.67 Å².